The first kappa shape index (κ1) is 17.5. The monoisotopic (exact) mass is 321 g/mol. The number of carbonyl (C=O) groups excluding carboxylic acids is 2. The number of esters is 1. The molecule has 6 heteroatoms. The lowest BCUT2D eigenvalue weighted by Gasteiger charge is -2.36. The van der Waals surface area contributed by atoms with E-state index in [2.05, 4.69) is 5.10 Å². The van der Waals surface area contributed by atoms with E-state index in [9.17, 15) is 9.59 Å². The average molecular weight is 321 g/mol. The van der Waals surface area contributed by atoms with E-state index in [4.69, 9.17) is 4.74 Å². The molecule has 1 saturated heterocycles. The van der Waals surface area contributed by atoms with Crippen molar-refractivity contribution < 1.29 is 14.3 Å². The third-order valence-corrected chi connectivity index (χ3v) is 4.49. The van der Waals surface area contributed by atoms with Crippen molar-refractivity contribution in [1.29, 1.82) is 0 Å². The van der Waals surface area contributed by atoms with E-state index in [1.165, 1.54) is 0 Å². The van der Waals surface area contributed by atoms with Crippen LogP contribution in [0.5, 0.6) is 0 Å². The van der Waals surface area contributed by atoms with E-state index in [0.717, 1.165) is 18.4 Å². The van der Waals surface area contributed by atoms with Crippen molar-refractivity contribution in [2.24, 2.45) is 7.05 Å². The van der Waals surface area contributed by atoms with Gasteiger partial charge in [-0.2, -0.15) is 5.10 Å². The Bertz CT molecular complexity index is 555. The molecule has 0 radical (unpaired) electrons. The van der Waals surface area contributed by atoms with Gasteiger partial charge in [-0.3, -0.25) is 9.48 Å². The minimum atomic E-state index is -0.753. The lowest BCUT2D eigenvalue weighted by Crippen LogP contribution is -2.53. The predicted octanol–water partition coefficient (Wildman–Crippen LogP) is 2.08. The van der Waals surface area contributed by atoms with Crippen LogP contribution in [0.2, 0.25) is 0 Å². The van der Waals surface area contributed by atoms with Crippen LogP contribution in [0.25, 0.3) is 0 Å². The van der Waals surface area contributed by atoms with E-state index < -0.39 is 5.54 Å². The lowest BCUT2D eigenvalue weighted by atomic mass is 9.90. The molecule has 1 aliphatic rings. The van der Waals surface area contributed by atoms with Crippen molar-refractivity contribution in [3.8, 4) is 0 Å². The normalized spacial score (nSPS) is 20.7. The third kappa shape index (κ3) is 3.74. The molecule has 6 nitrogen and oxygen atoms in total. The van der Waals surface area contributed by atoms with E-state index in [1.54, 1.807) is 22.7 Å². The summed E-state index contributed by atoms with van der Waals surface area (Å²) in [7, 11) is 1.86. The molecular weight excluding hydrogens is 294 g/mol. The Kier molecular flexibility index (Phi) is 5.80. The second-order valence-corrected chi connectivity index (χ2v) is 6.17. The Morgan fingerprint density at radius 3 is 2.78 bits per heavy atom. The molecule has 128 valence electrons. The number of hydrogen-bond donors (Lipinski definition) is 0. The van der Waals surface area contributed by atoms with Gasteiger partial charge in [0.25, 0.3) is 0 Å². The summed E-state index contributed by atoms with van der Waals surface area (Å²) in [5.41, 5.74) is 0.286. The molecule has 0 bridgehead atoms. The molecule has 1 amide bonds. The maximum Gasteiger partial charge on any atom is 0.332 e. The Labute approximate surface area is 137 Å². The second kappa shape index (κ2) is 7.62. The van der Waals surface area contributed by atoms with Crippen LogP contribution in [0.3, 0.4) is 0 Å². The molecule has 1 unspecified atom stereocenters. The van der Waals surface area contributed by atoms with Crippen molar-refractivity contribution in [3.63, 3.8) is 0 Å². The second-order valence-electron chi connectivity index (χ2n) is 6.17. The van der Waals surface area contributed by atoms with Crippen LogP contribution < -0.4 is 0 Å². The highest BCUT2D eigenvalue weighted by Gasteiger charge is 2.49. The van der Waals surface area contributed by atoms with E-state index in [0.29, 0.717) is 38.8 Å². The summed E-state index contributed by atoms with van der Waals surface area (Å²) in [6.45, 7) is 4.84. The van der Waals surface area contributed by atoms with Gasteiger partial charge in [-0.25, -0.2) is 4.79 Å². The standard InChI is InChI=1S/C17H27N3O3/c1-4-9-17(16(22)23-5-2)10-6-11-20(17)15(21)8-7-14-12-18-19(3)13-14/h12-13H,4-11H2,1-3H3. The fourth-order valence-electron chi connectivity index (χ4n) is 3.48. The van der Waals surface area contributed by atoms with Crippen LogP contribution in [-0.4, -0.2) is 45.2 Å². The van der Waals surface area contributed by atoms with Crippen LogP contribution >= 0.6 is 0 Å². The molecule has 0 spiro atoms. The van der Waals surface area contributed by atoms with Gasteiger partial charge in [0.2, 0.25) is 5.91 Å². The largest absolute Gasteiger partial charge is 0.464 e. The number of nitrogens with zero attached hydrogens (tertiary/aromatic N) is 3. The minimum absolute atomic E-state index is 0.0351. The van der Waals surface area contributed by atoms with Gasteiger partial charge in [-0.15, -0.1) is 0 Å². The Balaban J connectivity index is 2.07. The summed E-state index contributed by atoms with van der Waals surface area (Å²) < 4.78 is 7.01. The number of ether oxygens (including phenoxy) is 1. The zero-order valence-electron chi connectivity index (χ0n) is 14.4. The van der Waals surface area contributed by atoms with Gasteiger partial charge >= 0.3 is 5.97 Å². The fourth-order valence-corrected chi connectivity index (χ4v) is 3.48. The lowest BCUT2D eigenvalue weighted by molar-refractivity contribution is -0.162. The molecule has 1 aromatic rings. The summed E-state index contributed by atoms with van der Waals surface area (Å²) in [6.07, 6.45) is 7.83. The van der Waals surface area contributed by atoms with Gasteiger partial charge in [0.05, 0.1) is 12.8 Å². The average Bonchev–Trinajstić information content (AvgIpc) is 3.13. The topological polar surface area (TPSA) is 64.4 Å². The van der Waals surface area contributed by atoms with Crippen molar-refractivity contribution in [1.82, 2.24) is 14.7 Å². The highest BCUT2D eigenvalue weighted by molar-refractivity contribution is 5.89. The minimum Gasteiger partial charge on any atom is -0.464 e. The number of aryl methyl sites for hydroxylation is 2. The molecule has 1 aromatic heterocycles. The smallest absolute Gasteiger partial charge is 0.332 e. The van der Waals surface area contributed by atoms with E-state index in [-0.39, 0.29) is 11.9 Å². The third-order valence-electron chi connectivity index (χ3n) is 4.49. The zero-order valence-corrected chi connectivity index (χ0v) is 14.4. The molecule has 1 aliphatic heterocycles. The van der Waals surface area contributed by atoms with Gasteiger partial charge in [-0.05, 0) is 38.2 Å². The number of hydrogen-bond acceptors (Lipinski definition) is 4. The maximum absolute atomic E-state index is 12.7. The van der Waals surface area contributed by atoms with Gasteiger partial charge in [0.1, 0.15) is 5.54 Å². The van der Waals surface area contributed by atoms with Gasteiger partial charge < -0.3 is 9.64 Å². The SMILES string of the molecule is CCCC1(C(=O)OCC)CCCN1C(=O)CCc1cnn(C)c1. The molecule has 0 aliphatic carbocycles. The van der Waals surface area contributed by atoms with Crippen LogP contribution in [-0.2, 0) is 27.8 Å². The first-order valence-corrected chi connectivity index (χ1v) is 8.48. The predicted molar refractivity (Wildman–Crippen MR) is 86.7 cm³/mol. The quantitative estimate of drug-likeness (QED) is 0.721. The Morgan fingerprint density at radius 2 is 2.17 bits per heavy atom. The summed E-state index contributed by atoms with van der Waals surface area (Å²) >= 11 is 0. The molecule has 0 N–H and O–H groups in total. The van der Waals surface area contributed by atoms with Crippen LogP contribution in [0, 0.1) is 0 Å². The van der Waals surface area contributed by atoms with Crippen LogP contribution in [0.1, 0.15) is 51.5 Å². The highest BCUT2D eigenvalue weighted by Crippen LogP contribution is 2.35. The number of aromatic nitrogens is 2. The summed E-state index contributed by atoms with van der Waals surface area (Å²) in [5, 5.41) is 4.12. The number of amides is 1. The molecular formula is C17H27N3O3. The summed E-state index contributed by atoms with van der Waals surface area (Å²) in [5.74, 6) is -0.207. The van der Waals surface area contributed by atoms with Crippen LogP contribution in [0.15, 0.2) is 12.4 Å². The highest BCUT2D eigenvalue weighted by atomic mass is 16.5. The number of carbonyl (C=O) groups is 2. The van der Waals surface area contributed by atoms with Crippen molar-refractivity contribution in [2.45, 2.75) is 57.9 Å². The number of rotatable bonds is 7. The van der Waals surface area contributed by atoms with Gasteiger partial charge in [-0.1, -0.05) is 13.3 Å². The van der Waals surface area contributed by atoms with E-state index in [1.807, 2.05) is 20.2 Å². The van der Waals surface area contributed by atoms with Crippen molar-refractivity contribution >= 4 is 11.9 Å². The first-order chi connectivity index (χ1) is 11.0. The fraction of sp³-hybridized carbons (Fsp3) is 0.706. The Hall–Kier alpha value is -1.85. The summed E-state index contributed by atoms with van der Waals surface area (Å²) in [6, 6.07) is 0. The molecule has 1 fully saturated rings. The van der Waals surface area contributed by atoms with Gasteiger partial charge in [0.15, 0.2) is 0 Å². The molecule has 0 aromatic carbocycles. The zero-order chi connectivity index (χ0) is 16.9. The van der Waals surface area contributed by atoms with Crippen LogP contribution in [0.4, 0.5) is 0 Å². The molecule has 0 saturated carbocycles. The van der Waals surface area contributed by atoms with Crippen molar-refractivity contribution in [3.05, 3.63) is 18.0 Å². The molecule has 2 rings (SSSR count). The van der Waals surface area contributed by atoms with E-state index >= 15 is 0 Å². The molecule has 1 atom stereocenters. The number of likely N-dealkylation sites (tertiary alicyclic amines) is 1. The first-order valence-electron chi connectivity index (χ1n) is 8.48. The molecule has 23 heavy (non-hydrogen) atoms. The molecule has 2 heterocycles. The Morgan fingerprint density at radius 1 is 1.39 bits per heavy atom. The van der Waals surface area contributed by atoms with Gasteiger partial charge in [0, 0.05) is 26.2 Å². The summed E-state index contributed by atoms with van der Waals surface area (Å²) in [4.78, 5) is 27.0. The van der Waals surface area contributed by atoms with Crippen molar-refractivity contribution in [2.75, 3.05) is 13.2 Å². The maximum atomic E-state index is 12.7.